The van der Waals surface area contributed by atoms with E-state index in [1.54, 1.807) is 12.1 Å². The fourth-order valence-electron chi connectivity index (χ4n) is 3.01. The molecule has 2 aromatic carbocycles. The van der Waals surface area contributed by atoms with E-state index in [1.807, 2.05) is 0 Å². The van der Waals surface area contributed by atoms with Crippen molar-refractivity contribution < 1.29 is 4.39 Å². The van der Waals surface area contributed by atoms with Gasteiger partial charge in [0.15, 0.2) is 0 Å². The molecule has 0 N–H and O–H groups in total. The standard InChI is InChI=1S/C17H15BrClF/c18-15-10-12(8-9-16(15)20)17(19)14-7-3-5-11-4-1-2-6-13(11)14/h1-2,4,6,8-10,14,17H,3,5,7H2. The van der Waals surface area contributed by atoms with Gasteiger partial charge in [-0.25, -0.2) is 4.39 Å². The summed E-state index contributed by atoms with van der Waals surface area (Å²) in [5.41, 5.74) is 3.72. The molecule has 0 saturated carbocycles. The van der Waals surface area contributed by atoms with Gasteiger partial charge in [0.05, 0.1) is 9.85 Å². The van der Waals surface area contributed by atoms with Crippen LogP contribution in [0.4, 0.5) is 4.39 Å². The lowest BCUT2D eigenvalue weighted by Crippen LogP contribution is -2.14. The summed E-state index contributed by atoms with van der Waals surface area (Å²) in [4.78, 5) is 0. The third-order valence-electron chi connectivity index (χ3n) is 4.03. The third kappa shape index (κ3) is 2.64. The van der Waals surface area contributed by atoms with Gasteiger partial charge in [0, 0.05) is 5.92 Å². The minimum atomic E-state index is -0.248. The molecule has 0 spiro atoms. The number of fused-ring (bicyclic) bond motifs is 1. The molecule has 0 heterocycles. The molecule has 0 fully saturated rings. The number of benzene rings is 2. The van der Waals surface area contributed by atoms with Crippen molar-refractivity contribution in [2.24, 2.45) is 0 Å². The van der Waals surface area contributed by atoms with Crippen molar-refractivity contribution >= 4 is 27.5 Å². The first-order valence-corrected chi connectivity index (χ1v) is 8.06. The highest BCUT2D eigenvalue weighted by atomic mass is 79.9. The van der Waals surface area contributed by atoms with E-state index in [1.165, 1.54) is 17.2 Å². The second kappa shape index (κ2) is 5.87. The number of hydrogen-bond donors (Lipinski definition) is 0. The lowest BCUT2D eigenvalue weighted by molar-refractivity contribution is 0.537. The number of hydrogen-bond acceptors (Lipinski definition) is 0. The summed E-state index contributed by atoms with van der Waals surface area (Å²) in [6.45, 7) is 0. The topological polar surface area (TPSA) is 0 Å². The Morgan fingerprint density at radius 1 is 1.20 bits per heavy atom. The van der Waals surface area contributed by atoms with E-state index in [4.69, 9.17) is 11.6 Å². The van der Waals surface area contributed by atoms with E-state index in [0.29, 0.717) is 10.4 Å². The first-order valence-electron chi connectivity index (χ1n) is 6.83. The van der Waals surface area contributed by atoms with Crippen molar-refractivity contribution in [1.29, 1.82) is 0 Å². The van der Waals surface area contributed by atoms with Gasteiger partial charge in [0.1, 0.15) is 5.82 Å². The molecule has 104 valence electrons. The molecule has 0 radical (unpaired) electrons. The smallest absolute Gasteiger partial charge is 0.137 e. The molecule has 2 atom stereocenters. The molecule has 0 aliphatic heterocycles. The summed E-state index contributed by atoms with van der Waals surface area (Å²) < 4.78 is 13.8. The predicted octanol–water partition coefficient (Wildman–Crippen LogP) is 5.99. The lowest BCUT2D eigenvalue weighted by atomic mass is 9.79. The van der Waals surface area contributed by atoms with Crippen LogP contribution in [0.5, 0.6) is 0 Å². The maximum atomic E-state index is 13.4. The van der Waals surface area contributed by atoms with Crippen LogP contribution in [0, 0.1) is 5.82 Å². The van der Waals surface area contributed by atoms with Gasteiger partial charge in [-0.15, -0.1) is 11.6 Å². The fraction of sp³-hybridized carbons (Fsp3) is 0.294. The van der Waals surface area contributed by atoms with Gasteiger partial charge in [-0.2, -0.15) is 0 Å². The first-order chi connectivity index (χ1) is 9.66. The van der Waals surface area contributed by atoms with Gasteiger partial charge in [0.2, 0.25) is 0 Å². The molecule has 1 aliphatic carbocycles. The maximum absolute atomic E-state index is 13.4. The highest BCUT2D eigenvalue weighted by Crippen LogP contribution is 2.44. The van der Waals surface area contributed by atoms with Crippen LogP contribution in [0.25, 0.3) is 0 Å². The van der Waals surface area contributed by atoms with Crippen LogP contribution in [0.2, 0.25) is 0 Å². The van der Waals surface area contributed by atoms with Crippen molar-refractivity contribution in [2.45, 2.75) is 30.6 Å². The predicted molar refractivity (Wildman–Crippen MR) is 84.8 cm³/mol. The molecule has 0 amide bonds. The first kappa shape index (κ1) is 14.1. The molecule has 20 heavy (non-hydrogen) atoms. The highest BCUT2D eigenvalue weighted by molar-refractivity contribution is 9.10. The summed E-state index contributed by atoms with van der Waals surface area (Å²) in [6.07, 6.45) is 3.37. The molecular formula is C17H15BrClF. The van der Waals surface area contributed by atoms with Crippen LogP contribution >= 0.6 is 27.5 Å². The average molecular weight is 354 g/mol. The quantitative estimate of drug-likeness (QED) is 0.582. The Hall–Kier alpha value is -0.860. The Bertz CT molecular complexity index is 626. The molecule has 3 rings (SSSR count). The normalized spacial score (nSPS) is 19.4. The Morgan fingerprint density at radius 3 is 2.80 bits per heavy atom. The second-order valence-corrected chi connectivity index (χ2v) is 6.60. The van der Waals surface area contributed by atoms with Crippen molar-refractivity contribution in [1.82, 2.24) is 0 Å². The van der Waals surface area contributed by atoms with Crippen molar-refractivity contribution in [3.8, 4) is 0 Å². The number of alkyl halides is 1. The third-order valence-corrected chi connectivity index (χ3v) is 5.20. The molecule has 0 bridgehead atoms. The monoisotopic (exact) mass is 352 g/mol. The molecule has 0 saturated heterocycles. The van der Waals surface area contributed by atoms with E-state index in [2.05, 4.69) is 40.2 Å². The summed E-state index contributed by atoms with van der Waals surface area (Å²) in [5, 5.41) is -0.117. The molecule has 0 aromatic heterocycles. The Labute approximate surface area is 132 Å². The molecule has 2 unspecified atom stereocenters. The van der Waals surface area contributed by atoms with Gasteiger partial charge in [0.25, 0.3) is 0 Å². The van der Waals surface area contributed by atoms with E-state index in [-0.39, 0.29) is 11.2 Å². The Morgan fingerprint density at radius 2 is 2.00 bits per heavy atom. The van der Waals surface area contributed by atoms with Gasteiger partial charge in [-0.1, -0.05) is 30.3 Å². The zero-order valence-electron chi connectivity index (χ0n) is 11.0. The Balaban J connectivity index is 1.95. The average Bonchev–Trinajstić information content (AvgIpc) is 2.49. The van der Waals surface area contributed by atoms with Crippen LogP contribution in [0.3, 0.4) is 0 Å². The molecule has 0 nitrogen and oxygen atoms in total. The number of halogens is 3. The Kier molecular flexibility index (Phi) is 4.13. The summed E-state index contributed by atoms with van der Waals surface area (Å²) in [7, 11) is 0. The number of rotatable bonds is 2. The highest BCUT2D eigenvalue weighted by Gasteiger charge is 2.27. The molecule has 3 heteroatoms. The lowest BCUT2D eigenvalue weighted by Gasteiger charge is -2.29. The van der Waals surface area contributed by atoms with Gasteiger partial charge >= 0.3 is 0 Å². The molecule has 1 aliphatic rings. The van der Waals surface area contributed by atoms with E-state index in [9.17, 15) is 4.39 Å². The minimum absolute atomic E-state index is 0.117. The van der Waals surface area contributed by atoms with Crippen LogP contribution < -0.4 is 0 Å². The van der Waals surface area contributed by atoms with E-state index >= 15 is 0 Å². The van der Waals surface area contributed by atoms with Crippen LogP contribution in [-0.2, 0) is 6.42 Å². The largest absolute Gasteiger partial charge is 0.206 e. The van der Waals surface area contributed by atoms with Crippen LogP contribution in [0.1, 0.15) is 40.8 Å². The van der Waals surface area contributed by atoms with Crippen LogP contribution in [0.15, 0.2) is 46.9 Å². The number of aryl methyl sites for hydroxylation is 1. The second-order valence-electron chi connectivity index (χ2n) is 5.27. The SMILES string of the molecule is Fc1ccc(C(Cl)C2CCCc3ccccc32)cc1Br. The van der Waals surface area contributed by atoms with Gasteiger partial charge < -0.3 is 0 Å². The van der Waals surface area contributed by atoms with Gasteiger partial charge in [-0.3, -0.25) is 0 Å². The van der Waals surface area contributed by atoms with Crippen LogP contribution in [-0.4, -0.2) is 0 Å². The summed E-state index contributed by atoms with van der Waals surface area (Å²) >= 11 is 9.93. The fourth-order valence-corrected chi connectivity index (χ4v) is 3.81. The van der Waals surface area contributed by atoms with E-state index < -0.39 is 0 Å². The van der Waals surface area contributed by atoms with Crippen molar-refractivity contribution in [2.75, 3.05) is 0 Å². The van der Waals surface area contributed by atoms with Crippen molar-refractivity contribution in [3.63, 3.8) is 0 Å². The zero-order chi connectivity index (χ0) is 14.1. The van der Waals surface area contributed by atoms with Crippen molar-refractivity contribution in [3.05, 3.63) is 69.4 Å². The minimum Gasteiger partial charge on any atom is -0.206 e. The van der Waals surface area contributed by atoms with E-state index in [0.717, 1.165) is 24.8 Å². The maximum Gasteiger partial charge on any atom is 0.137 e. The van der Waals surface area contributed by atoms with Gasteiger partial charge in [-0.05, 0) is 64.0 Å². The molecular weight excluding hydrogens is 339 g/mol. The zero-order valence-corrected chi connectivity index (χ0v) is 13.3. The summed E-state index contributed by atoms with van der Waals surface area (Å²) in [6, 6.07) is 13.6. The summed E-state index contributed by atoms with van der Waals surface area (Å²) in [5.74, 6) is 0.0561. The molecule has 2 aromatic rings.